The number of carbonyl (C=O) groups excluding carboxylic acids is 1. The fraction of sp³-hybridized carbons (Fsp3) is 0.438. The molecule has 0 saturated carbocycles. The number of benzene rings is 1. The first-order valence-corrected chi connectivity index (χ1v) is 6.89. The van der Waals surface area contributed by atoms with Crippen LogP contribution < -0.4 is 4.74 Å². The smallest absolute Gasteiger partial charge is 0.246 e. The maximum absolute atomic E-state index is 12.1. The van der Waals surface area contributed by atoms with Gasteiger partial charge in [0, 0.05) is 19.2 Å². The van der Waals surface area contributed by atoms with Gasteiger partial charge in [0.15, 0.2) is 0 Å². The highest BCUT2D eigenvalue weighted by atomic mass is 16.5. The van der Waals surface area contributed by atoms with Gasteiger partial charge in [0.05, 0.1) is 19.3 Å². The summed E-state index contributed by atoms with van der Waals surface area (Å²) in [6.07, 6.45) is 1.86. The SMILES string of the molecule is COc1ccc(C=CC(=O)N(CC(C)O)CC(C)O)cc1. The van der Waals surface area contributed by atoms with Crippen LogP contribution >= 0.6 is 0 Å². The van der Waals surface area contributed by atoms with E-state index in [0.29, 0.717) is 0 Å². The molecule has 0 saturated heterocycles. The fourth-order valence-corrected chi connectivity index (χ4v) is 1.88. The number of ether oxygens (including phenoxy) is 1. The lowest BCUT2D eigenvalue weighted by Gasteiger charge is -2.24. The van der Waals surface area contributed by atoms with E-state index in [1.165, 1.54) is 11.0 Å². The van der Waals surface area contributed by atoms with Crippen molar-refractivity contribution in [2.24, 2.45) is 0 Å². The third-order valence-electron chi connectivity index (χ3n) is 2.82. The molecule has 5 heteroatoms. The lowest BCUT2D eigenvalue weighted by atomic mass is 10.2. The van der Waals surface area contributed by atoms with Crippen LogP contribution in [0.15, 0.2) is 30.3 Å². The van der Waals surface area contributed by atoms with Gasteiger partial charge in [-0.05, 0) is 37.6 Å². The summed E-state index contributed by atoms with van der Waals surface area (Å²) in [7, 11) is 1.60. The van der Waals surface area contributed by atoms with E-state index in [2.05, 4.69) is 0 Å². The second-order valence-electron chi connectivity index (χ2n) is 5.05. The van der Waals surface area contributed by atoms with Gasteiger partial charge in [0.1, 0.15) is 5.75 Å². The molecule has 0 bridgehead atoms. The zero-order chi connectivity index (χ0) is 15.8. The molecular weight excluding hydrogens is 270 g/mol. The van der Waals surface area contributed by atoms with Gasteiger partial charge in [-0.2, -0.15) is 0 Å². The molecule has 0 aliphatic rings. The monoisotopic (exact) mass is 293 g/mol. The predicted octanol–water partition coefficient (Wildman–Crippen LogP) is 1.30. The van der Waals surface area contributed by atoms with Gasteiger partial charge in [0.2, 0.25) is 5.91 Å². The first kappa shape index (κ1) is 17.2. The van der Waals surface area contributed by atoms with Gasteiger partial charge in [-0.25, -0.2) is 0 Å². The van der Waals surface area contributed by atoms with Gasteiger partial charge in [0.25, 0.3) is 0 Å². The highest BCUT2D eigenvalue weighted by Crippen LogP contribution is 2.12. The van der Waals surface area contributed by atoms with Crippen LogP contribution in [0.1, 0.15) is 19.4 Å². The van der Waals surface area contributed by atoms with Crippen molar-refractivity contribution >= 4 is 12.0 Å². The van der Waals surface area contributed by atoms with Gasteiger partial charge < -0.3 is 19.8 Å². The molecule has 2 N–H and O–H groups in total. The van der Waals surface area contributed by atoms with Crippen molar-refractivity contribution in [3.8, 4) is 5.75 Å². The van der Waals surface area contributed by atoms with E-state index in [-0.39, 0.29) is 19.0 Å². The number of rotatable bonds is 7. The molecule has 0 spiro atoms. The number of aliphatic hydroxyl groups excluding tert-OH is 2. The van der Waals surface area contributed by atoms with E-state index >= 15 is 0 Å². The van der Waals surface area contributed by atoms with Crippen molar-refractivity contribution in [1.29, 1.82) is 0 Å². The fourth-order valence-electron chi connectivity index (χ4n) is 1.88. The predicted molar refractivity (Wildman–Crippen MR) is 82.0 cm³/mol. The molecule has 5 nitrogen and oxygen atoms in total. The van der Waals surface area contributed by atoms with Gasteiger partial charge >= 0.3 is 0 Å². The van der Waals surface area contributed by atoms with Crippen molar-refractivity contribution in [1.82, 2.24) is 4.90 Å². The van der Waals surface area contributed by atoms with Crippen LogP contribution in [0, 0.1) is 0 Å². The molecule has 0 heterocycles. The van der Waals surface area contributed by atoms with Gasteiger partial charge in [-0.3, -0.25) is 4.79 Å². The van der Waals surface area contributed by atoms with E-state index < -0.39 is 12.2 Å². The zero-order valence-corrected chi connectivity index (χ0v) is 12.7. The normalized spacial score (nSPS) is 14.0. The Hall–Kier alpha value is -1.85. The third kappa shape index (κ3) is 6.42. The minimum absolute atomic E-state index is 0.191. The van der Waals surface area contributed by atoms with Gasteiger partial charge in [-0.1, -0.05) is 12.1 Å². The number of hydrogen-bond donors (Lipinski definition) is 2. The maximum atomic E-state index is 12.1. The lowest BCUT2D eigenvalue weighted by Crippen LogP contribution is -2.39. The summed E-state index contributed by atoms with van der Waals surface area (Å²) in [6.45, 7) is 3.60. The largest absolute Gasteiger partial charge is 0.497 e. The standard InChI is InChI=1S/C16H23NO4/c1-12(18)10-17(11-13(2)19)16(20)9-6-14-4-7-15(21-3)8-5-14/h4-9,12-13,18-19H,10-11H2,1-3H3. The summed E-state index contributed by atoms with van der Waals surface area (Å²) in [5.41, 5.74) is 0.873. The summed E-state index contributed by atoms with van der Waals surface area (Å²) in [4.78, 5) is 13.5. The Morgan fingerprint density at radius 2 is 1.71 bits per heavy atom. The Kier molecular flexibility index (Phi) is 6.91. The number of methoxy groups -OCH3 is 1. The second kappa shape index (κ2) is 8.44. The minimum atomic E-state index is -0.637. The molecule has 0 fully saturated rings. The molecule has 1 rings (SSSR count). The number of hydrogen-bond acceptors (Lipinski definition) is 4. The number of aliphatic hydroxyl groups is 2. The van der Waals surface area contributed by atoms with E-state index in [1.54, 1.807) is 27.0 Å². The third-order valence-corrected chi connectivity index (χ3v) is 2.82. The lowest BCUT2D eigenvalue weighted by molar-refractivity contribution is -0.128. The average Bonchev–Trinajstić information content (AvgIpc) is 2.43. The highest BCUT2D eigenvalue weighted by molar-refractivity contribution is 5.91. The van der Waals surface area contributed by atoms with Crippen LogP contribution in [0.2, 0.25) is 0 Å². The van der Waals surface area contributed by atoms with Crippen molar-refractivity contribution in [3.05, 3.63) is 35.9 Å². The Morgan fingerprint density at radius 1 is 1.19 bits per heavy atom. The summed E-state index contributed by atoms with van der Waals surface area (Å²) in [6, 6.07) is 7.31. The van der Waals surface area contributed by atoms with Crippen LogP contribution in [0.4, 0.5) is 0 Å². The molecular formula is C16H23NO4. The van der Waals surface area contributed by atoms with Crippen molar-refractivity contribution in [3.63, 3.8) is 0 Å². The summed E-state index contributed by atoms with van der Waals surface area (Å²) >= 11 is 0. The average molecular weight is 293 g/mol. The summed E-state index contributed by atoms with van der Waals surface area (Å²) < 4.78 is 5.07. The van der Waals surface area contributed by atoms with Crippen LogP contribution in [0.3, 0.4) is 0 Å². The summed E-state index contributed by atoms with van der Waals surface area (Å²) in [5.74, 6) is 0.510. The number of amides is 1. The van der Waals surface area contributed by atoms with Crippen LogP contribution in [-0.4, -0.2) is 53.4 Å². The molecule has 1 aromatic carbocycles. The van der Waals surface area contributed by atoms with Crippen LogP contribution in [0.5, 0.6) is 5.75 Å². The molecule has 0 aliphatic heterocycles. The van der Waals surface area contributed by atoms with Crippen LogP contribution in [0.25, 0.3) is 6.08 Å². The molecule has 2 atom stereocenters. The molecule has 21 heavy (non-hydrogen) atoms. The Morgan fingerprint density at radius 3 is 2.14 bits per heavy atom. The number of nitrogens with zero attached hydrogens (tertiary/aromatic N) is 1. The van der Waals surface area contributed by atoms with Gasteiger partial charge in [-0.15, -0.1) is 0 Å². The summed E-state index contributed by atoms with van der Waals surface area (Å²) in [5, 5.41) is 18.8. The topological polar surface area (TPSA) is 70.0 Å². The maximum Gasteiger partial charge on any atom is 0.246 e. The molecule has 2 unspecified atom stereocenters. The first-order chi connectivity index (χ1) is 9.92. The van der Waals surface area contributed by atoms with E-state index in [9.17, 15) is 15.0 Å². The van der Waals surface area contributed by atoms with E-state index in [1.807, 2.05) is 24.3 Å². The first-order valence-electron chi connectivity index (χ1n) is 6.89. The minimum Gasteiger partial charge on any atom is -0.497 e. The highest BCUT2D eigenvalue weighted by Gasteiger charge is 2.15. The molecule has 0 aliphatic carbocycles. The molecule has 0 aromatic heterocycles. The molecule has 116 valence electrons. The zero-order valence-electron chi connectivity index (χ0n) is 12.7. The number of carbonyl (C=O) groups is 1. The molecule has 0 radical (unpaired) electrons. The van der Waals surface area contributed by atoms with Crippen molar-refractivity contribution in [2.75, 3.05) is 20.2 Å². The Bertz CT molecular complexity index is 456. The van der Waals surface area contributed by atoms with E-state index in [4.69, 9.17) is 4.74 Å². The van der Waals surface area contributed by atoms with E-state index in [0.717, 1.165) is 11.3 Å². The quantitative estimate of drug-likeness (QED) is 0.743. The van der Waals surface area contributed by atoms with Crippen LogP contribution in [-0.2, 0) is 4.79 Å². The Balaban J connectivity index is 2.71. The Labute approximate surface area is 125 Å². The van der Waals surface area contributed by atoms with Crippen molar-refractivity contribution in [2.45, 2.75) is 26.1 Å². The second-order valence-corrected chi connectivity index (χ2v) is 5.05. The van der Waals surface area contributed by atoms with Crippen molar-refractivity contribution < 1.29 is 19.7 Å². The molecule has 1 amide bonds. The molecule has 1 aromatic rings.